The molecule has 1 aromatic carbocycles. The van der Waals surface area contributed by atoms with Gasteiger partial charge in [-0.15, -0.1) is 6.58 Å². The van der Waals surface area contributed by atoms with Crippen LogP contribution in [0.3, 0.4) is 0 Å². The maximum absolute atomic E-state index is 13.1. The molecule has 2 amide bonds. The number of carbonyl (C=O) groups excluding carboxylic acids is 2. The second kappa shape index (κ2) is 9.90. The molecule has 0 aliphatic carbocycles. The molecule has 6 nitrogen and oxygen atoms in total. The number of carbonyl (C=O) groups is 2. The number of nitrogens with one attached hydrogen (secondary N) is 2. The number of amides is 2. The van der Waals surface area contributed by atoms with Crippen molar-refractivity contribution in [3.05, 3.63) is 41.4 Å². The molecule has 1 aromatic rings. The third-order valence-corrected chi connectivity index (χ3v) is 4.44. The van der Waals surface area contributed by atoms with Gasteiger partial charge in [-0.3, -0.25) is 19.4 Å². The lowest BCUT2D eigenvalue weighted by molar-refractivity contribution is -0.137. The lowest BCUT2D eigenvalue weighted by Gasteiger charge is -2.33. The van der Waals surface area contributed by atoms with Crippen molar-refractivity contribution in [2.45, 2.75) is 6.18 Å². The van der Waals surface area contributed by atoms with Crippen molar-refractivity contribution in [2.24, 2.45) is 0 Å². The van der Waals surface area contributed by atoms with Crippen LogP contribution in [-0.4, -0.2) is 67.4 Å². The van der Waals surface area contributed by atoms with Gasteiger partial charge >= 0.3 is 6.18 Å². The maximum atomic E-state index is 13.1. The first kappa shape index (κ1) is 22.2. The molecule has 28 heavy (non-hydrogen) atoms. The SMILES string of the molecule is C=CCNC(=O)CN1CCN(CC(=O)Nc2ccc(Cl)cc2C(F)(F)F)CC1. The Morgan fingerprint density at radius 2 is 1.68 bits per heavy atom. The normalized spacial score (nSPS) is 15.9. The Labute approximate surface area is 166 Å². The van der Waals surface area contributed by atoms with Gasteiger partial charge in [0.25, 0.3) is 0 Å². The number of halogens is 4. The lowest BCUT2D eigenvalue weighted by atomic mass is 10.1. The van der Waals surface area contributed by atoms with Crippen molar-refractivity contribution in [3.8, 4) is 0 Å². The fraction of sp³-hybridized carbons (Fsp3) is 0.444. The number of piperazine rings is 1. The van der Waals surface area contributed by atoms with E-state index in [1.54, 1.807) is 6.08 Å². The third-order valence-electron chi connectivity index (χ3n) is 4.20. The van der Waals surface area contributed by atoms with E-state index < -0.39 is 17.6 Å². The van der Waals surface area contributed by atoms with E-state index in [1.807, 2.05) is 9.80 Å². The van der Waals surface area contributed by atoms with Gasteiger partial charge in [0.15, 0.2) is 0 Å². The van der Waals surface area contributed by atoms with Crippen LogP contribution in [-0.2, 0) is 15.8 Å². The molecule has 1 aliphatic heterocycles. The molecule has 0 unspecified atom stereocenters. The topological polar surface area (TPSA) is 64.7 Å². The molecule has 0 atom stereocenters. The van der Waals surface area contributed by atoms with Gasteiger partial charge in [-0.05, 0) is 18.2 Å². The van der Waals surface area contributed by atoms with Gasteiger partial charge in [-0.2, -0.15) is 13.2 Å². The molecule has 2 N–H and O–H groups in total. The highest BCUT2D eigenvalue weighted by molar-refractivity contribution is 6.30. The van der Waals surface area contributed by atoms with E-state index in [1.165, 1.54) is 6.07 Å². The molecule has 0 aromatic heterocycles. The predicted octanol–water partition coefficient (Wildman–Crippen LogP) is 2.22. The minimum atomic E-state index is -4.62. The zero-order valence-corrected chi connectivity index (χ0v) is 15.9. The highest BCUT2D eigenvalue weighted by Gasteiger charge is 2.34. The molecule has 1 heterocycles. The standard InChI is InChI=1S/C18H22ClF3N4O2/c1-2-5-23-16(27)11-25-6-8-26(9-7-25)12-17(28)24-15-4-3-13(19)10-14(15)18(20,21)22/h2-4,10H,1,5-9,11-12H2,(H,23,27)(H,24,28). The van der Waals surface area contributed by atoms with Gasteiger partial charge in [-0.1, -0.05) is 17.7 Å². The molecule has 0 radical (unpaired) electrons. The highest BCUT2D eigenvalue weighted by atomic mass is 35.5. The minimum Gasteiger partial charge on any atom is -0.352 e. The number of benzene rings is 1. The molecule has 2 rings (SSSR count). The molecule has 0 saturated carbocycles. The molecular formula is C18H22ClF3N4O2. The van der Waals surface area contributed by atoms with Crippen molar-refractivity contribution in [3.63, 3.8) is 0 Å². The number of hydrogen-bond donors (Lipinski definition) is 2. The number of nitrogens with zero attached hydrogens (tertiary/aromatic N) is 2. The molecule has 0 spiro atoms. The summed E-state index contributed by atoms with van der Waals surface area (Å²) in [4.78, 5) is 27.7. The first-order valence-electron chi connectivity index (χ1n) is 8.68. The van der Waals surface area contributed by atoms with Gasteiger partial charge in [-0.25, -0.2) is 0 Å². The quantitative estimate of drug-likeness (QED) is 0.666. The van der Waals surface area contributed by atoms with Crippen LogP contribution in [0.25, 0.3) is 0 Å². The van der Waals surface area contributed by atoms with Crippen LogP contribution in [0.1, 0.15) is 5.56 Å². The van der Waals surface area contributed by atoms with Crippen molar-refractivity contribution in [1.29, 1.82) is 0 Å². The van der Waals surface area contributed by atoms with Crippen LogP contribution in [0, 0.1) is 0 Å². The summed E-state index contributed by atoms with van der Waals surface area (Å²) >= 11 is 5.63. The molecule has 1 aliphatic rings. The fourth-order valence-electron chi connectivity index (χ4n) is 2.80. The largest absolute Gasteiger partial charge is 0.418 e. The summed E-state index contributed by atoms with van der Waals surface area (Å²) in [5, 5.41) is 4.95. The second-order valence-electron chi connectivity index (χ2n) is 6.38. The fourth-order valence-corrected chi connectivity index (χ4v) is 2.98. The number of alkyl halides is 3. The minimum absolute atomic E-state index is 0.0313. The summed E-state index contributed by atoms with van der Waals surface area (Å²) in [5.74, 6) is -0.640. The zero-order chi connectivity index (χ0) is 20.7. The summed E-state index contributed by atoms with van der Waals surface area (Å²) in [7, 11) is 0. The van der Waals surface area contributed by atoms with Crippen molar-refractivity contribution in [2.75, 3.05) is 51.1 Å². The van der Waals surface area contributed by atoms with E-state index in [4.69, 9.17) is 11.6 Å². The molecule has 1 fully saturated rings. The number of anilines is 1. The van der Waals surface area contributed by atoms with Gasteiger partial charge < -0.3 is 10.6 Å². The van der Waals surface area contributed by atoms with Crippen LogP contribution in [0.5, 0.6) is 0 Å². The first-order chi connectivity index (χ1) is 13.2. The van der Waals surface area contributed by atoms with Crippen LogP contribution >= 0.6 is 11.6 Å². The lowest BCUT2D eigenvalue weighted by Crippen LogP contribution is -2.51. The first-order valence-corrected chi connectivity index (χ1v) is 9.05. The van der Waals surface area contributed by atoms with Crippen molar-refractivity contribution in [1.82, 2.24) is 15.1 Å². The van der Waals surface area contributed by atoms with Crippen molar-refractivity contribution >= 4 is 29.1 Å². The zero-order valence-electron chi connectivity index (χ0n) is 15.2. The average molecular weight is 419 g/mol. The van der Waals surface area contributed by atoms with E-state index in [-0.39, 0.29) is 29.7 Å². The number of rotatable bonds is 7. The summed E-state index contributed by atoms with van der Waals surface area (Å²) in [6.45, 7) is 6.41. The van der Waals surface area contributed by atoms with Crippen LogP contribution in [0.2, 0.25) is 5.02 Å². The van der Waals surface area contributed by atoms with Crippen LogP contribution in [0.4, 0.5) is 18.9 Å². The van der Waals surface area contributed by atoms with E-state index in [2.05, 4.69) is 17.2 Å². The van der Waals surface area contributed by atoms with Crippen molar-refractivity contribution < 1.29 is 22.8 Å². The van der Waals surface area contributed by atoms with Crippen LogP contribution in [0.15, 0.2) is 30.9 Å². The smallest absolute Gasteiger partial charge is 0.352 e. The molecule has 10 heteroatoms. The second-order valence-corrected chi connectivity index (χ2v) is 6.82. The van der Waals surface area contributed by atoms with Gasteiger partial charge in [0.1, 0.15) is 0 Å². The van der Waals surface area contributed by atoms with E-state index in [9.17, 15) is 22.8 Å². The molecule has 154 valence electrons. The predicted molar refractivity (Wildman–Crippen MR) is 101 cm³/mol. The Bertz CT molecular complexity index is 719. The summed E-state index contributed by atoms with van der Waals surface area (Å²) in [6.07, 6.45) is -3.02. The third kappa shape index (κ3) is 6.81. The molecule has 1 saturated heterocycles. The van der Waals surface area contributed by atoms with Gasteiger partial charge in [0.2, 0.25) is 11.8 Å². The summed E-state index contributed by atoms with van der Waals surface area (Å²) in [5.41, 5.74) is -1.30. The van der Waals surface area contributed by atoms with Gasteiger partial charge in [0.05, 0.1) is 24.3 Å². The van der Waals surface area contributed by atoms with Gasteiger partial charge in [0, 0.05) is 37.7 Å². The number of hydrogen-bond acceptors (Lipinski definition) is 4. The Balaban J connectivity index is 1.84. The monoisotopic (exact) mass is 418 g/mol. The van der Waals surface area contributed by atoms with E-state index >= 15 is 0 Å². The Morgan fingerprint density at radius 1 is 1.11 bits per heavy atom. The Morgan fingerprint density at radius 3 is 2.21 bits per heavy atom. The molecule has 0 bridgehead atoms. The maximum Gasteiger partial charge on any atom is 0.418 e. The van der Waals surface area contributed by atoms with E-state index in [0.717, 1.165) is 12.1 Å². The summed E-state index contributed by atoms with van der Waals surface area (Å²) in [6, 6.07) is 3.22. The van der Waals surface area contributed by atoms with Crippen LogP contribution < -0.4 is 10.6 Å². The highest BCUT2D eigenvalue weighted by Crippen LogP contribution is 2.36. The Kier molecular flexibility index (Phi) is 7.85. The average Bonchev–Trinajstić information content (AvgIpc) is 2.62. The Hall–Kier alpha value is -2.10. The van der Waals surface area contributed by atoms with E-state index in [0.29, 0.717) is 32.7 Å². The summed E-state index contributed by atoms with van der Waals surface area (Å²) < 4.78 is 39.3. The molecular weight excluding hydrogens is 397 g/mol.